The maximum Gasteiger partial charge on any atom is 0.325 e. The van der Waals surface area contributed by atoms with Gasteiger partial charge in [0, 0.05) is 20.6 Å². The Kier molecular flexibility index (Phi) is 5.99. The van der Waals surface area contributed by atoms with Crippen molar-refractivity contribution in [3.05, 3.63) is 59.4 Å². The van der Waals surface area contributed by atoms with Crippen molar-refractivity contribution in [2.75, 3.05) is 14.1 Å². The van der Waals surface area contributed by atoms with Gasteiger partial charge in [-0.1, -0.05) is 31.2 Å². The number of rotatable bonds is 7. The molecule has 1 unspecified atom stereocenters. The molecule has 2 aromatic carbocycles. The van der Waals surface area contributed by atoms with Crippen LogP contribution < -0.4 is 5.32 Å². The lowest BCUT2D eigenvalue weighted by Crippen LogP contribution is -2.41. The van der Waals surface area contributed by atoms with Gasteiger partial charge >= 0.3 is 6.03 Å². The van der Waals surface area contributed by atoms with E-state index >= 15 is 0 Å². The zero-order chi connectivity index (χ0) is 24.8. The molecule has 3 amide bonds. The van der Waals surface area contributed by atoms with Gasteiger partial charge in [-0.15, -0.1) is 0 Å². The van der Waals surface area contributed by atoms with Crippen LogP contribution in [0.1, 0.15) is 37.2 Å². The zero-order valence-electron chi connectivity index (χ0n) is 20.0. The van der Waals surface area contributed by atoms with Crippen LogP contribution in [0.3, 0.4) is 0 Å². The summed E-state index contributed by atoms with van der Waals surface area (Å²) in [6.45, 7) is 6.23. The summed E-state index contributed by atoms with van der Waals surface area (Å²) < 4.78 is 28.2. The molecule has 0 radical (unpaired) electrons. The molecule has 1 fully saturated rings. The summed E-state index contributed by atoms with van der Waals surface area (Å²) in [6, 6.07) is 11.8. The van der Waals surface area contributed by atoms with Crippen molar-refractivity contribution in [1.29, 1.82) is 0 Å². The summed E-state index contributed by atoms with van der Waals surface area (Å²) in [7, 11) is -0.667. The number of fused-ring (bicyclic) bond motifs is 1. The van der Waals surface area contributed by atoms with E-state index in [-0.39, 0.29) is 17.3 Å². The minimum absolute atomic E-state index is 0.0173. The van der Waals surface area contributed by atoms with Gasteiger partial charge in [-0.2, -0.15) is 0 Å². The van der Waals surface area contributed by atoms with Crippen molar-refractivity contribution in [2.24, 2.45) is 0 Å². The van der Waals surface area contributed by atoms with E-state index in [9.17, 15) is 18.0 Å². The van der Waals surface area contributed by atoms with Crippen molar-refractivity contribution >= 4 is 33.0 Å². The second-order valence-corrected chi connectivity index (χ2v) is 11.0. The van der Waals surface area contributed by atoms with Gasteiger partial charge in [0.2, 0.25) is 10.0 Å². The maximum atomic E-state index is 13.5. The van der Waals surface area contributed by atoms with Gasteiger partial charge in [-0.05, 0) is 49.6 Å². The van der Waals surface area contributed by atoms with E-state index in [1.807, 2.05) is 42.7 Å². The van der Waals surface area contributed by atoms with Crippen LogP contribution in [0.2, 0.25) is 0 Å². The minimum Gasteiger partial charge on any atom is -0.326 e. The van der Waals surface area contributed by atoms with Crippen molar-refractivity contribution in [2.45, 2.75) is 50.7 Å². The molecular weight excluding hydrogens is 454 g/mol. The molecule has 1 aliphatic heterocycles. The number of nitrogens with one attached hydrogen (secondary N) is 1. The Morgan fingerprint density at radius 1 is 1.12 bits per heavy atom. The fourth-order valence-electron chi connectivity index (χ4n) is 4.42. The third-order valence-electron chi connectivity index (χ3n) is 6.28. The maximum absolute atomic E-state index is 13.5. The van der Waals surface area contributed by atoms with Gasteiger partial charge in [-0.25, -0.2) is 22.5 Å². The first-order valence-electron chi connectivity index (χ1n) is 11.1. The van der Waals surface area contributed by atoms with Crippen LogP contribution in [0.25, 0.3) is 11.0 Å². The van der Waals surface area contributed by atoms with Crippen LogP contribution in [0.15, 0.2) is 47.4 Å². The number of amides is 3. The van der Waals surface area contributed by atoms with E-state index in [1.54, 1.807) is 19.1 Å². The quantitative estimate of drug-likeness (QED) is 0.520. The molecule has 1 saturated heterocycles. The lowest BCUT2D eigenvalue weighted by atomic mass is 9.88. The fourth-order valence-corrected chi connectivity index (χ4v) is 5.35. The van der Waals surface area contributed by atoms with Crippen LogP contribution in [-0.4, -0.2) is 53.2 Å². The smallest absolute Gasteiger partial charge is 0.325 e. The second kappa shape index (κ2) is 8.52. The molecule has 0 saturated carbocycles. The van der Waals surface area contributed by atoms with Crippen molar-refractivity contribution in [1.82, 2.24) is 24.1 Å². The Morgan fingerprint density at radius 3 is 2.47 bits per heavy atom. The predicted molar refractivity (Wildman–Crippen MR) is 129 cm³/mol. The molecule has 1 atom stereocenters. The number of hydrogen-bond acceptors (Lipinski definition) is 5. The Labute approximate surface area is 199 Å². The Hall–Kier alpha value is -3.24. The van der Waals surface area contributed by atoms with Crippen LogP contribution >= 0.6 is 0 Å². The lowest BCUT2D eigenvalue weighted by Gasteiger charge is -2.24. The first-order chi connectivity index (χ1) is 16.0. The Bertz CT molecular complexity index is 1400. The van der Waals surface area contributed by atoms with Gasteiger partial charge in [0.05, 0.1) is 22.5 Å². The number of aryl methyl sites for hydroxylation is 2. The summed E-state index contributed by atoms with van der Waals surface area (Å²) in [5, 5.41) is 2.85. The molecule has 3 aromatic rings. The molecule has 1 aliphatic rings. The van der Waals surface area contributed by atoms with Crippen LogP contribution in [0.4, 0.5) is 4.79 Å². The third kappa shape index (κ3) is 3.76. The van der Waals surface area contributed by atoms with Crippen LogP contribution in [0, 0.1) is 6.92 Å². The third-order valence-corrected chi connectivity index (χ3v) is 8.09. The van der Waals surface area contributed by atoms with Gasteiger partial charge < -0.3 is 9.88 Å². The summed E-state index contributed by atoms with van der Waals surface area (Å²) in [5.74, 6) is 0.173. The lowest BCUT2D eigenvalue weighted by molar-refractivity contribution is -0.131. The molecule has 34 heavy (non-hydrogen) atoms. The molecular formula is C24H29N5O4S. The largest absolute Gasteiger partial charge is 0.326 e. The fraction of sp³-hybridized carbons (Fsp3) is 0.375. The van der Waals surface area contributed by atoms with E-state index in [2.05, 4.69) is 10.3 Å². The zero-order valence-corrected chi connectivity index (χ0v) is 20.8. The first-order valence-corrected chi connectivity index (χ1v) is 12.6. The minimum atomic E-state index is -3.62. The molecule has 10 heteroatoms. The highest BCUT2D eigenvalue weighted by atomic mass is 32.2. The van der Waals surface area contributed by atoms with Crippen molar-refractivity contribution in [3.63, 3.8) is 0 Å². The number of imidazole rings is 1. The van der Waals surface area contributed by atoms with E-state index in [1.165, 1.54) is 25.1 Å². The normalized spacial score (nSPS) is 18.8. The standard InChI is InChI=1S/C24H29N5O4S/c1-6-13-28-20-12-11-17(34(32,33)27(4)5)14-19(20)25-21(28)15-29-22(30)24(3,26-23(29)31)18-10-8-7-9-16(18)2/h7-12,14H,6,13,15H2,1-5H3,(H,26,31). The Balaban J connectivity index is 1.74. The van der Waals surface area contributed by atoms with E-state index in [4.69, 9.17) is 0 Å². The molecule has 1 aromatic heterocycles. The number of carbonyl (C=O) groups is 2. The number of benzene rings is 2. The van der Waals surface area contributed by atoms with Gasteiger partial charge in [-0.3, -0.25) is 9.69 Å². The second-order valence-electron chi connectivity index (χ2n) is 8.88. The Morgan fingerprint density at radius 2 is 1.82 bits per heavy atom. The topological polar surface area (TPSA) is 105 Å². The number of carbonyl (C=O) groups excluding carboxylic acids is 2. The molecule has 180 valence electrons. The van der Waals surface area contributed by atoms with E-state index in [0.717, 1.165) is 27.4 Å². The highest BCUT2D eigenvalue weighted by Gasteiger charge is 2.49. The average Bonchev–Trinajstić information content (AvgIpc) is 3.23. The molecule has 4 rings (SSSR count). The number of hydrogen-bond donors (Lipinski definition) is 1. The number of imide groups is 1. The van der Waals surface area contributed by atoms with E-state index in [0.29, 0.717) is 17.9 Å². The van der Waals surface area contributed by atoms with E-state index < -0.39 is 21.6 Å². The number of aromatic nitrogens is 2. The number of nitrogens with zero attached hydrogens (tertiary/aromatic N) is 4. The van der Waals surface area contributed by atoms with Crippen LogP contribution in [0.5, 0.6) is 0 Å². The first kappa shape index (κ1) is 23.9. The highest BCUT2D eigenvalue weighted by molar-refractivity contribution is 7.89. The predicted octanol–water partition coefficient (Wildman–Crippen LogP) is 2.97. The molecule has 0 spiro atoms. The van der Waals surface area contributed by atoms with Gasteiger partial charge in [0.25, 0.3) is 5.91 Å². The monoisotopic (exact) mass is 483 g/mol. The summed E-state index contributed by atoms with van der Waals surface area (Å²) in [6.07, 6.45) is 0.803. The summed E-state index contributed by atoms with van der Waals surface area (Å²) >= 11 is 0. The molecule has 0 aliphatic carbocycles. The van der Waals surface area contributed by atoms with Gasteiger partial charge in [0.1, 0.15) is 11.4 Å². The molecule has 1 N–H and O–H groups in total. The van der Waals surface area contributed by atoms with Gasteiger partial charge in [0.15, 0.2) is 0 Å². The molecule has 2 heterocycles. The van der Waals surface area contributed by atoms with Crippen LogP contribution in [-0.2, 0) is 33.4 Å². The average molecular weight is 484 g/mol. The summed E-state index contributed by atoms with van der Waals surface area (Å²) in [4.78, 5) is 32.3. The SMILES string of the molecule is CCCn1c(CN2C(=O)NC(C)(c3ccccc3C)C2=O)nc2cc(S(=O)(=O)N(C)C)ccc21. The number of urea groups is 1. The number of sulfonamides is 1. The highest BCUT2D eigenvalue weighted by Crippen LogP contribution is 2.32. The molecule has 0 bridgehead atoms. The molecule has 9 nitrogen and oxygen atoms in total. The summed E-state index contributed by atoms with van der Waals surface area (Å²) in [5.41, 5.74) is 1.74. The van der Waals surface area contributed by atoms with Crippen molar-refractivity contribution in [3.8, 4) is 0 Å². The van der Waals surface area contributed by atoms with Crippen molar-refractivity contribution < 1.29 is 18.0 Å².